The van der Waals surface area contributed by atoms with Crippen LogP contribution < -0.4 is 10.2 Å². The molecule has 120 valence electrons. The highest BCUT2D eigenvalue weighted by Gasteiger charge is 2.13. The molecule has 2 rings (SSSR count). The van der Waals surface area contributed by atoms with E-state index in [1.165, 1.54) is 11.3 Å². The Morgan fingerprint density at radius 1 is 1.29 bits per heavy atom. The highest BCUT2D eigenvalue weighted by atomic mass is 35.5. The van der Waals surface area contributed by atoms with Gasteiger partial charge in [0, 0.05) is 31.9 Å². The third kappa shape index (κ3) is 5.73. The van der Waals surface area contributed by atoms with Gasteiger partial charge in [-0.25, -0.2) is 0 Å². The summed E-state index contributed by atoms with van der Waals surface area (Å²) in [6.45, 7) is 8.52. The average Bonchev–Trinajstić information content (AvgIpc) is 2.40. The van der Waals surface area contributed by atoms with Crippen LogP contribution in [0, 0.1) is 6.92 Å². The van der Waals surface area contributed by atoms with Gasteiger partial charge in [0.1, 0.15) is 0 Å². The monoisotopic (exact) mass is 334 g/mol. The lowest BCUT2D eigenvalue weighted by atomic mass is 10.1. The van der Waals surface area contributed by atoms with Gasteiger partial charge in [0.25, 0.3) is 0 Å². The number of aryl methyl sites for hydroxylation is 1. The Hall–Kier alpha value is -0.970. The lowest BCUT2D eigenvalue weighted by Gasteiger charge is -2.30. The maximum Gasteiger partial charge on any atom is 0.310 e. The number of nitrogens with one attached hydrogen (secondary N) is 1. The molecule has 0 aromatic heterocycles. The summed E-state index contributed by atoms with van der Waals surface area (Å²) in [7, 11) is 0. The lowest BCUT2D eigenvalue weighted by molar-refractivity contribution is -0.142. The first-order chi connectivity index (χ1) is 9.20. The maximum absolute atomic E-state index is 11.5. The van der Waals surface area contributed by atoms with Crippen LogP contribution in [-0.2, 0) is 16.0 Å². The molecule has 1 fully saturated rings. The van der Waals surface area contributed by atoms with Crippen LogP contribution in [0.1, 0.15) is 18.1 Å². The second-order valence-electron chi connectivity index (χ2n) is 4.84. The quantitative estimate of drug-likeness (QED) is 0.858. The molecule has 1 heterocycles. The van der Waals surface area contributed by atoms with Crippen LogP contribution in [0.2, 0.25) is 0 Å². The highest BCUT2D eigenvalue weighted by molar-refractivity contribution is 5.85. The number of halogens is 2. The van der Waals surface area contributed by atoms with Crippen LogP contribution in [0.15, 0.2) is 18.2 Å². The first kappa shape index (κ1) is 20.0. The van der Waals surface area contributed by atoms with Crippen LogP contribution in [-0.4, -0.2) is 38.8 Å². The number of nitrogens with zero attached hydrogens (tertiary/aromatic N) is 1. The van der Waals surface area contributed by atoms with Crippen molar-refractivity contribution in [2.24, 2.45) is 0 Å². The fraction of sp³-hybridized carbons (Fsp3) is 0.533. The Morgan fingerprint density at radius 3 is 2.52 bits per heavy atom. The lowest BCUT2D eigenvalue weighted by Crippen LogP contribution is -2.43. The van der Waals surface area contributed by atoms with E-state index >= 15 is 0 Å². The van der Waals surface area contributed by atoms with E-state index < -0.39 is 0 Å². The van der Waals surface area contributed by atoms with Gasteiger partial charge in [-0.15, -0.1) is 24.8 Å². The van der Waals surface area contributed by atoms with Crippen molar-refractivity contribution >= 4 is 36.5 Å². The van der Waals surface area contributed by atoms with E-state index in [9.17, 15) is 4.79 Å². The number of anilines is 1. The van der Waals surface area contributed by atoms with Gasteiger partial charge in [-0.05, 0) is 31.0 Å². The summed E-state index contributed by atoms with van der Waals surface area (Å²) in [6, 6.07) is 6.24. The van der Waals surface area contributed by atoms with Gasteiger partial charge in [-0.2, -0.15) is 0 Å². The summed E-state index contributed by atoms with van der Waals surface area (Å²) in [5.74, 6) is -0.156. The molecule has 0 unspecified atom stereocenters. The van der Waals surface area contributed by atoms with Crippen molar-refractivity contribution in [1.29, 1.82) is 0 Å². The van der Waals surface area contributed by atoms with Crippen molar-refractivity contribution in [3.05, 3.63) is 29.3 Å². The Morgan fingerprint density at radius 2 is 1.95 bits per heavy atom. The first-order valence-corrected chi connectivity index (χ1v) is 6.91. The SMILES string of the molecule is CCOC(=O)Cc1ccc(N2CCNCC2)c(C)c1.Cl.Cl. The fourth-order valence-corrected chi connectivity index (χ4v) is 2.47. The van der Waals surface area contributed by atoms with E-state index in [1.807, 2.05) is 13.0 Å². The number of carbonyl (C=O) groups is 1. The third-order valence-corrected chi connectivity index (χ3v) is 3.37. The predicted molar refractivity (Wildman–Crippen MR) is 91.1 cm³/mol. The van der Waals surface area contributed by atoms with Gasteiger partial charge in [-0.3, -0.25) is 4.79 Å². The van der Waals surface area contributed by atoms with Crippen LogP contribution >= 0.6 is 24.8 Å². The Bertz CT molecular complexity index is 449. The van der Waals surface area contributed by atoms with Crippen molar-refractivity contribution in [3.63, 3.8) is 0 Å². The van der Waals surface area contributed by atoms with Gasteiger partial charge in [-0.1, -0.05) is 12.1 Å². The second kappa shape index (κ2) is 9.87. The molecule has 0 spiro atoms. The Balaban J connectivity index is 0.00000200. The number of piperazine rings is 1. The second-order valence-corrected chi connectivity index (χ2v) is 4.84. The molecule has 0 amide bonds. The maximum atomic E-state index is 11.5. The smallest absolute Gasteiger partial charge is 0.310 e. The molecule has 0 saturated carbocycles. The van der Waals surface area contributed by atoms with Crippen molar-refractivity contribution in [3.8, 4) is 0 Å². The number of esters is 1. The Kier molecular flexibility index (Phi) is 9.42. The molecule has 1 aromatic rings. The number of ether oxygens (including phenoxy) is 1. The summed E-state index contributed by atoms with van der Waals surface area (Å²) in [4.78, 5) is 13.9. The minimum absolute atomic E-state index is 0. The first-order valence-electron chi connectivity index (χ1n) is 6.91. The molecule has 0 radical (unpaired) electrons. The summed E-state index contributed by atoms with van der Waals surface area (Å²) >= 11 is 0. The van der Waals surface area contributed by atoms with Crippen LogP contribution in [0.4, 0.5) is 5.69 Å². The topological polar surface area (TPSA) is 41.6 Å². The molecule has 1 aromatic carbocycles. The Labute approximate surface area is 139 Å². The standard InChI is InChI=1S/C15H22N2O2.2ClH/c1-3-19-15(18)11-13-4-5-14(12(2)10-13)17-8-6-16-7-9-17;;/h4-5,10,16H,3,6-9,11H2,1-2H3;2*1H. The third-order valence-electron chi connectivity index (χ3n) is 3.37. The molecule has 1 aliphatic heterocycles. The molecule has 0 bridgehead atoms. The van der Waals surface area contributed by atoms with Crippen molar-refractivity contribution in [1.82, 2.24) is 5.32 Å². The van der Waals surface area contributed by atoms with E-state index in [0.717, 1.165) is 31.7 Å². The van der Waals surface area contributed by atoms with E-state index in [-0.39, 0.29) is 30.8 Å². The molecule has 0 aliphatic carbocycles. The van der Waals surface area contributed by atoms with E-state index in [1.54, 1.807) is 0 Å². The number of hydrogen-bond acceptors (Lipinski definition) is 4. The van der Waals surface area contributed by atoms with Gasteiger partial charge in [0.2, 0.25) is 0 Å². The van der Waals surface area contributed by atoms with E-state index in [2.05, 4.69) is 29.3 Å². The zero-order chi connectivity index (χ0) is 13.7. The molecule has 1 saturated heterocycles. The van der Waals surface area contributed by atoms with Crippen LogP contribution in [0.25, 0.3) is 0 Å². The summed E-state index contributed by atoms with van der Waals surface area (Å²) in [5, 5.41) is 3.35. The molecule has 21 heavy (non-hydrogen) atoms. The van der Waals surface area contributed by atoms with Gasteiger partial charge in [0.05, 0.1) is 13.0 Å². The minimum Gasteiger partial charge on any atom is -0.466 e. The number of carbonyl (C=O) groups excluding carboxylic acids is 1. The molecule has 0 atom stereocenters. The molecule has 4 nitrogen and oxygen atoms in total. The van der Waals surface area contributed by atoms with Crippen LogP contribution in [0.3, 0.4) is 0 Å². The largest absolute Gasteiger partial charge is 0.466 e. The van der Waals surface area contributed by atoms with E-state index in [4.69, 9.17) is 4.74 Å². The molecular formula is C15H24Cl2N2O2. The summed E-state index contributed by atoms with van der Waals surface area (Å²) in [6.07, 6.45) is 0.358. The van der Waals surface area contributed by atoms with E-state index in [0.29, 0.717) is 13.0 Å². The normalized spacial score (nSPS) is 13.9. The number of hydrogen-bond donors (Lipinski definition) is 1. The number of benzene rings is 1. The summed E-state index contributed by atoms with van der Waals surface area (Å²) in [5.41, 5.74) is 3.52. The van der Waals surface area contributed by atoms with Crippen LogP contribution in [0.5, 0.6) is 0 Å². The molecule has 6 heteroatoms. The van der Waals surface area contributed by atoms with Crippen molar-refractivity contribution in [2.45, 2.75) is 20.3 Å². The van der Waals surface area contributed by atoms with Gasteiger partial charge >= 0.3 is 5.97 Å². The number of rotatable bonds is 4. The molecule has 1 N–H and O–H groups in total. The predicted octanol–water partition coefficient (Wildman–Crippen LogP) is 2.35. The van der Waals surface area contributed by atoms with Crippen molar-refractivity contribution < 1.29 is 9.53 Å². The zero-order valence-electron chi connectivity index (χ0n) is 12.6. The highest BCUT2D eigenvalue weighted by Crippen LogP contribution is 2.22. The van der Waals surface area contributed by atoms with Crippen molar-refractivity contribution in [2.75, 3.05) is 37.7 Å². The minimum atomic E-state index is -0.156. The zero-order valence-corrected chi connectivity index (χ0v) is 14.2. The molecule has 1 aliphatic rings. The molecular weight excluding hydrogens is 311 g/mol. The average molecular weight is 335 g/mol. The summed E-state index contributed by atoms with van der Waals surface area (Å²) < 4.78 is 4.97. The fourth-order valence-electron chi connectivity index (χ4n) is 2.47. The van der Waals surface area contributed by atoms with Gasteiger partial charge < -0.3 is 15.0 Å². The van der Waals surface area contributed by atoms with Gasteiger partial charge in [0.15, 0.2) is 0 Å².